The molecule has 2 amide bonds. The third kappa shape index (κ3) is 3.79. The number of hydrogen-bond acceptors (Lipinski definition) is 6. The lowest BCUT2D eigenvalue weighted by atomic mass is 9.83. The maximum absolute atomic E-state index is 13.9. The number of para-hydroxylation sites is 2. The Balaban J connectivity index is 1.72. The molecule has 1 fully saturated rings. The van der Waals surface area contributed by atoms with Gasteiger partial charge < -0.3 is 9.47 Å². The quantitative estimate of drug-likeness (QED) is 0.572. The average Bonchev–Trinajstić information content (AvgIpc) is 3.48. The number of cyclic esters (lactones) is 1. The van der Waals surface area contributed by atoms with Crippen molar-refractivity contribution in [2.75, 3.05) is 25.3 Å². The van der Waals surface area contributed by atoms with E-state index in [0.717, 1.165) is 28.1 Å². The van der Waals surface area contributed by atoms with Gasteiger partial charge >= 0.3 is 6.09 Å². The normalized spacial score (nSPS) is 19.7. The van der Waals surface area contributed by atoms with Gasteiger partial charge in [0.25, 0.3) is 5.91 Å². The Morgan fingerprint density at radius 1 is 1.03 bits per heavy atom. The Labute approximate surface area is 198 Å². The van der Waals surface area contributed by atoms with E-state index in [0.29, 0.717) is 5.75 Å². The fourth-order valence-corrected chi connectivity index (χ4v) is 4.61. The molecule has 7 heteroatoms. The summed E-state index contributed by atoms with van der Waals surface area (Å²) in [5.74, 6) is -0.169. The van der Waals surface area contributed by atoms with E-state index in [-0.39, 0.29) is 19.1 Å². The predicted molar refractivity (Wildman–Crippen MR) is 129 cm³/mol. The number of ether oxygens (including phenoxy) is 2. The van der Waals surface area contributed by atoms with Crippen molar-refractivity contribution in [3.8, 4) is 5.75 Å². The van der Waals surface area contributed by atoms with Gasteiger partial charge in [0.15, 0.2) is 0 Å². The number of nitrogens with zero attached hydrogens (tertiary/aromatic N) is 3. The molecule has 0 unspecified atom stereocenters. The summed E-state index contributed by atoms with van der Waals surface area (Å²) in [4.78, 5) is 27.5. The van der Waals surface area contributed by atoms with Crippen LogP contribution in [0.15, 0.2) is 84.0 Å². The summed E-state index contributed by atoms with van der Waals surface area (Å²) < 4.78 is 10.8. The molecule has 3 aromatic carbocycles. The first-order valence-electron chi connectivity index (χ1n) is 11.2. The van der Waals surface area contributed by atoms with Crippen molar-refractivity contribution >= 4 is 23.4 Å². The molecule has 0 saturated carbocycles. The minimum Gasteiger partial charge on any atom is -0.496 e. The molecule has 5 rings (SSSR count). The van der Waals surface area contributed by atoms with Crippen LogP contribution in [0.3, 0.4) is 0 Å². The molecule has 3 aromatic rings. The molecular formula is C27H25N3O4. The van der Waals surface area contributed by atoms with Crippen LogP contribution in [-0.2, 0) is 9.53 Å². The summed E-state index contributed by atoms with van der Waals surface area (Å²) in [5.41, 5.74) is 4.33. The monoisotopic (exact) mass is 455 g/mol. The minimum atomic E-state index is -0.792. The van der Waals surface area contributed by atoms with Gasteiger partial charge in [-0.3, -0.25) is 9.80 Å². The van der Waals surface area contributed by atoms with E-state index in [2.05, 4.69) is 6.07 Å². The molecule has 172 valence electrons. The second-order valence-electron chi connectivity index (χ2n) is 8.30. The van der Waals surface area contributed by atoms with E-state index >= 15 is 0 Å². The molecule has 7 nitrogen and oxygen atoms in total. The van der Waals surface area contributed by atoms with Crippen LogP contribution in [0.25, 0.3) is 0 Å². The van der Waals surface area contributed by atoms with E-state index in [1.54, 1.807) is 12.1 Å². The molecular weight excluding hydrogens is 430 g/mol. The molecule has 0 radical (unpaired) electrons. The summed E-state index contributed by atoms with van der Waals surface area (Å²) in [6.45, 7) is 2.43. The number of rotatable bonds is 5. The second kappa shape index (κ2) is 9.02. The molecule has 34 heavy (non-hydrogen) atoms. The molecule has 2 aliphatic rings. The van der Waals surface area contributed by atoms with Crippen LogP contribution in [0.5, 0.6) is 5.75 Å². The average molecular weight is 456 g/mol. The largest absolute Gasteiger partial charge is 0.496 e. The second-order valence-corrected chi connectivity index (χ2v) is 8.30. The number of hydrazone groups is 1. The van der Waals surface area contributed by atoms with Gasteiger partial charge in [-0.2, -0.15) is 5.10 Å². The first kappa shape index (κ1) is 21.7. The van der Waals surface area contributed by atoms with Crippen molar-refractivity contribution < 1.29 is 19.1 Å². The summed E-state index contributed by atoms with van der Waals surface area (Å²) in [6, 6.07) is 24.4. The van der Waals surface area contributed by atoms with Crippen molar-refractivity contribution in [1.82, 2.24) is 4.90 Å². The van der Waals surface area contributed by atoms with Gasteiger partial charge in [0.1, 0.15) is 18.4 Å². The number of methoxy groups -OCH3 is 1. The summed E-state index contributed by atoms with van der Waals surface area (Å²) >= 11 is 0. The molecule has 2 atom stereocenters. The topological polar surface area (TPSA) is 71.4 Å². The van der Waals surface area contributed by atoms with Crippen LogP contribution in [0.4, 0.5) is 10.5 Å². The van der Waals surface area contributed by atoms with Crippen LogP contribution in [0.2, 0.25) is 0 Å². The summed E-state index contributed by atoms with van der Waals surface area (Å²) in [5, 5.41) is 6.72. The third-order valence-electron chi connectivity index (χ3n) is 6.18. The molecule has 0 bridgehead atoms. The standard InChI is InChI=1S/C27H25N3O4/c1-18-9-8-10-19(17-18)24-23(21-13-6-7-14-22(21)33-2)25(26(31)29-15-16-34-27(29)32)30(28-24)20-11-4-3-5-12-20/h3-14,17,23,25H,15-16H2,1-2H3/t23-,25-/m0/s1. The number of anilines is 1. The summed E-state index contributed by atoms with van der Waals surface area (Å²) in [6.07, 6.45) is -0.624. The fraction of sp³-hybridized carbons (Fsp3) is 0.222. The van der Waals surface area contributed by atoms with Crippen molar-refractivity contribution in [3.05, 3.63) is 95.6 Å². The number of imide groups is 1. The Bertz CT molecular complexity index is 1260. The maximum Gasteiger partial charge on any atom is 0.416 e. The lowest BCUT2D eigenvalue weighted by Crippen LogP contribution is -2.48. The zero-order valence-corrected chi connectivity index (χ0v) is 19.0. The highest BCUT2D eigenvalue weighted by atomic mass is 16.6. The molecule has 1 saturated heterocycles. The van der Waals surface area contributed by atoms with E-state index in [1.165, 1.54) is 4.90 Å². The lowest BCUT2D eigenvalue weighted by Gasteiger charge is -2.30. The maximum atomic E-state index is 13.9. The van der Waals surface area contributed by atoms with E-state index in [1.807, 2.05) is 79.7 Å². The van der Waals surface area contributed by atoms with E-state index in [4.69, 9.17) is 14.6 Å². The van der Waals surface area contributed by atoms with Crippen molar-refractivity contribution in [1.29, 1.82) is 0 Å². The molecule has 0 spiro atoms. The first-order valence-corrected chi connectivity index (χ1v) is 11.2. The van der Waals surface area contributed by atoms with Crippen molar-refractivity contribution in [2.45, 2.75) is 18.9 Å². The van der Waals surface area contributed by atoms with Crippen LogP contribution in [0.1, 0.15) is 22.6 Å². The first-order chi connectivity index (χ1) is 16.6. The van der Waals surface area contributed by atoms with Gasteiger partial charge in [-0.1, -0.05) is 66.2 Å². The van der Waals surface area contributed by atoms with E-state index in [9.17, 15) is 9.59 Å². The van der Waals surface area contributed by atoms with Gasteiger partial charge in [0.05, 0.1) is 31.0 Å². The van der Waals surface area contributed by atoms with Crippen LogP contribution >= 0.6 is 0 Å². The van der Waals surface area contributed by atoms with Crippen LogP contribution in [0, 0.1) is 6.92 Å². The Morgan fingerprint density at radius 3 is 2.50 bits per heavy atom. The Kier molecular flexibility index (Phi) is 5.76. The van der Waals surface area contributed by atoms with Gasteiger partial charge in [-0.15, -0.1) is 0 Å². The number of carbonyl (C=O) groups excluding carboxylic acids is 2. The molecule has 2 aliphatic heterocycles. The molecule has 2 heterocycles. The summed E-state index contributed by atoms with van der Waals surface area (Å²) in [7, 11) is 1.61. The number of carbonyl (C=O) groups is 2. The van der Waals surface area contributed by atoms with Crippen molar-refractivity contribution in [3.63, 3.8) is 0 Å². The number of hydrogen-bond donors (Lipinski definition) is 0. The number of amides is 2. The number of benzene rings is 3. The third-order valence-corrected chi connectivity index (χ3v) is 6.18. The molecule has 0 aromatic heterocycles. The van der Waals surface area contributed by atoms with Gasteiger partial charge in [0.2, 0.25) is 0 Å². The fourth-order valence-electron chi connectivity index (χ4n) is 4.61. The van der Waals surface area contributed by atoms with Gasteiger partial charge in [0, 0.05) is 5.56 Å². The molecule has 0 aliphatic carbocycles. The Morgan fingerprint density at radius 2 is 1.79 bits per heavy atom. The Hall–Kier alpha value is -4.13. The van der Waals surface area contributed by atoms with Crippen molar-refractivity contribution in [2.24, 2.45) is 5.10 Å². The smallest absolute Gasteiger partial charge is 0.416 e. The highest BCUT2D eigenvalue weighted by molar-refractivity contribution is 6.13. The van der Waals surface area contributed by atoms with Gasteiger partial charge in [-0.05, 0) is 30.7 Å². The van der Waals surface area contributed by atoms with Crippen LogP contribution < -0.4 is 9.75 Å². The number of aryl methyl sites for hydroxylation is 1. The van der Waals surface area contributed by atoms with Crippen LogP contribution in [-0.4, -0.2) is 48.9 Å². The zero-order valence-electron chi connectivity index (χ0n) is 19.0. The molecule has 0 N–H and O–H groups in total. The highest BCUT2D eigenvalue weighted by Gasteiger charge is 2.48. The van der Waals surface area contributed by atoms with E-state index < -0.39 is 18.1 Å². The predicted octanol–water partition coefficient (Wildman–Crippen LogP) is 4.36. The SMILES string of the molecule is COc1ccccc1[C@H]1C(c2cccc(C)c2)=NN(c2ccccc2)[C@@H]1C(=O)N1CCOC1=O. The lowest BCUT2D eigenvalue weighted by molar-refractivity contribution is -0.129. The highest BCUT2D eigenvalue weighted by Crippen LogP contribution is 2.41. The zero-order chi connectivity index (χ0) is 23.7. The van der Waals surface area contributed by atoms with Gasteiger partial charge in [-0.25, -0.2) is 9.69 Å². The minimum absolute atomic E-state index is 0.188.